The van der Waals surface area contributed by atoms with Crippen molar-refractivity contribution in [3.8, 4) is 23.3 Å². The van der Waals surface area contributed by atoms with Gasteiger partial charge in [-0.1, -0.05) is 5.92 Å². The lowest BCUT2D eigenvalue weighted by Gasteiger charge is -2.13. The maximum absolute atomic E-state index is 9.46. The van der Waals surface area contributed by atoms with Crippen molar-refractivity contribution in [2.24, 2.45) is 0 Å². The fourth-order valence-electron chi connectivity index (χ4n) is 2.96. The van der Waals surface area contributed by atoms with Gasteiger partial charge in [0.2, 0.25) is 0 Å². The molecular weight excluding hydrogens is 342 g/mol. The van der Waals surface area contributed by atoms with E-state index in [1.807, 2.05) is 32.3 Å². The van der Waals surface area contributed by atoms with Crippen LogP contribution in [0.15, 0.2) is 24.4 Å². The van der Waals surface area contributed by atoms with Crippen molar-refractivity contribution in [3.05, 3.63) is 30.1 Å². The number of aliphatic hydroxyl groups is 1. The molecule has 3 aromatic rings. The summed E-state index contributed by atoms with van der Waals surface area (Å²) in [6, 6.07) is 5.81. The number of ether oxygens (including phenoxy) is 2. The number of rotatable bonds is 6. The van der Waals surface area contributed by atoms with Gasteiger partial charge in [0.1, 0.15) is 11.8 Å². The average Bonchev–Trinajstić information content (AvgIpc) is 3.00. The number of pyridine rings is 1. The summed E-state index contributed by atoms with van der Waals surface area (Å²) >= 11 is 0. The molecule has 1 atom stereocenters. The highest BCUT2D eigenvalue weighted by atomic mass is 16.5. The molecule has 1 aromatic carbocycles. The van der Waals surface area contributed by atoms with E-state index in [1.54, 1.807) is 20.2 Å². The maximum Gasteiger partial charge on any atom is 0.163 e. The molecule has 0 amide bonds. The van der Waals surface area contributed by atoms with Crippen LogP contribution < -0.4 is 9.47 Å². The Morgan fingerprint density at radius 1 is 1.26 bits per heavy atom. The Balaban J connectivity index is 2.02. The number of aromatic amines is 1. The van der Waals surface area contributed by atoms with E-state index < -0.39 is 6.10 Å². The van der Waals surface area contributed by atoms with Crippen molar-refractivity contribution >= 4 is 21.8 Å². The second kappa shape index (κ2) is 8.30. The highest BCUT2D eigenvalue weighted by Gasteiger charge is 2.14. The molecule has 0 saturated heterocycles. The minimum Gasteiger partial charge on any atom is -0.493 e. The minimum absolute atomic E-state index is 0.618. The van der Waals surface area contributed by atoms with E-state index in [0.29, 0.717) is 23.8 Å². The second-order valence-corrected chi connectivity index (χ2v) is 6.71. The van der Waals surface area contributed by atoms with Crippen molar-refractivity contribution in [3.63, 3.8) is 0 Å². The fraction of sp³-hybridized carbons (Fsp3) is 0.381. The van der Waals surface area contributed by atoms with Crippen molar-refractivity contribution in [1.29, 1.82) is 0 Å². The van der Waals surface area contributed by atoms with E-state index in [1.165, 1.54) is 0 Å². The molecule has 0 aliphatic rings. The first-order chi connectivity index (χ1) is 13.0. The molecule has 1 unspecified atom stereocenters. The number of aliphatic hydroxyl groups excluding tert-OH is 1. The summed E-state index contributed by atoms with van der Waals surface area (Å²) in [5.41, 5.74) is 2.49. The van der Waals surface area contributed by atoms with Crippen LogP contribution >= 0.6 is 0 Å². The van der Waals surface area contributed by atoms with Gasteiger partial charge in [0.15, 0.2) is 11.5 Å². The van der Waals surface area contributed by atoms with Gasteiger partial charge < -0.3 is 24.5 Å². The van der Waals surface area contributed by atoms with E-state index in [-0.39, 0.29) is 0 Å². The van der Waals surface area contributed by atoms with Crippen molar-refractivity contribution in [2.75, 3.05) is 34.4 Å². The summed E-state index contributed by atoms with van der Waals surface area (Å²) in [6.45, 7) is 3.21. The van der Waals surface area contributed by atoms with Crippen LogP contribution in [0.25, 0.3) is 21.8 Å². The number of nitrogens with one attached hydrogen (secondary N) is 1. The lowest BCUT2D eigenvalue weighted by molar-refractivity contribution is 0.253. The molecule has 0 aliphatic heterocycles. The Hall–Kier alpha value is -2.75. The molecule has 0 saturated carbocycles. The van der Waals surface area contributed by atoms with Crippen LogP contribution in [-0.2, 0) is 0 Å². The van der Waals surface area contributed by atoms with Crippen LogP contribution in [-0.4, -0.2) is 60.4 Å². The Kier molecular flexibility index (Phi) is 5.84. The van der Waals surface area contributed by atoms with Gasteiger partial charge in [-0.3, -0.25) is 0 Å². The standard InChI is InChI=1S/C21H25N3O3/c1-14(25)6-7-16-21-15-12-19(26-4)20(27-11-5-10-24(2)3)13-18(15)23-17(21)8-9-22-16/h8-9,12-14,23,25H,5,10-11H2,1-4H3. The third-order valence-electron chi connectivity index (χ3n) is 4.20. The zero-order valence-corrected chi connectivity index (χ0v) is 16.2. The smallest absolute Gasteiger partial charge is 0.163 e. The first-order valence-corrected chi connectivity index (χ1v) is 8.95. The van der Waals surface area contributed by atoms with Crippen molar-refractivity contribution < 1.29 is 14.6 Å². The van der Waals surface area contributed by atoms with E-state index in [2.05, 4.69) is 26.7 Å². The number of H-pyrrole nitrogens is 1. The van der Waals surface area contributed by atoms with Crippen LogP contribution in [0.4, 0.5) is 0 Å². The summed E-state index contributed by atoms with van der Waals surface area (Å²) in [4.78, 5) is 9.90. The molecule has 0 fully saturated rings. The Labute approximate surface area is 159 Å². The summed E-state index contributed by atoms with van der Waals surface area (Å²) < 4.78 is 11.5. The molecule has 27 heavy (non-hydrogen) atoms. The van der Waals surface area contributed by atoms with Gasteiger partial charge in [-0.2, -0.15) is 0 Å². The highest BCUT2D eigenvalue weighted by Crippen LogP contribution is 2.36. The summed E-state index contributed by atoms with van der Waals surface area (Å²) in [5.74, 6) is 7.10. The van der Waals surface area contributed by atoms with Crippen LogP contribution in [0.2, 0.25) is 0 Å². The predicted molar refractivity (Wildman–Crippen MR) is 107 cm³/mol. The summed E-state index contributed by atoms with van der Waals surface area (Å²) in [7, 11) is 5.72. The largest absolute Gasteiger partial charge is 0.493 e. The Morgan fingerprint density at radius 2 is 2.07 bits per heavy atom. The van der Waals surface area contributed by atoms with E-state index in [9.17, 15) is 5.11 Å². The van der Waals surface area contributed by atoms with Gasteiger partial charge in [0, 0.05) is 29.6 Å². The monoisotopic (exact) mass is 367 g/mol. The molecular formula is C21H25N3O3. The number of hydrogen-bond donors (Lipinski definition) is 2. The second-order valence-electron chi connectivity index (χ2n) is 6.71. The number of fused-ring (bicyclic) bond motifs is 3. The van der Waals surface area contributed by atoms with E-state index >= 15 is 0 Å². The number of hydrogen-bond acceptors (Lipinski definition) is 5. The third kappa shape index (κ3) is 4.33. The van der Waals surface area contributed by atoms with Crippen LogP contribution in [0.1, 0.15) is 19.0 Å². The fourth-order valence-corrected chi connectivity index (χ4v) is 2.96. The number of benzene rings is 1. The number of nitrogens with zero attached hydrogens (tertiary/aromatic N) is 2. The third-order valence-corrected chi connectivity index (χ3v) is 4.20. The van der Waals surface area contributed by atoms with Gasteiger partial charge in [-0.15, -0.1) is 0 Å². The predicted octanol–water partition coefficient (Wildman–Crippen LogP) is 2.79. The lowest BCUT2D eigenvalue weighted by atomic mass is 10.1. The number of aromatic nitrogens is 2. The molecule has 3 rings (SSSR count). The minimum atomic E-state index is -0.705. The molecule has 0 radical (unpaired) electrons. The molecule has 6 nitrogen and oxygen atoms in total. The summed E-state index contributed by atoms with van der Waals surface area (Å²) in [5, 5.41) is 11.3. The van der Waals surface area contributed by atoms with Gasteiger partial charge in [-0.05, 0) is 45.5 Å². The number of methoxy groups -OCH3 is 1. The van der Waals surface area contributed by atoms with Crippen LogP contribution in [0.3, 0.4) is 0 Å². The zero-order chi connectivity index (χ0) is 19.4. The van der Waals surface area contributed by atoms with Gasteiger partial charge in [0.25, 0.3) is 0 Å². The van der Waals surface area contributed by atoms with Gasteiger partial charge in [0.05, 0.1) is 24.8 Å². The molecule has 6 heteroatoms. The molecule has 2 heterocycles. The quantitative estimate of drug-likeness (QED) is 0.518. The van der Waals surface area contributed by atoms with Gasteiger partial charge in [-0.25, -0.2) is 4.98 Å². The molecule has 0 aliphatic carbocycles. The Bertz CT molecular complexity index is 996. The first-order valence-electron chi connectivity index (χ1n) is 8.95. The molecule has 0 spiro atoms. The zero-order valence-electron chi connectivity index (χ0n) is 16.2. The maximum atomic E-state index is 9.46. The topological polar surface area (TPSA) is 70.6 Å². The molecule has 2 aromatic heterocycles. The molecule has 0 bridgehead atoms. The Morgan fingerprint density at radius 3 is 2.78 bits per heavy atom. The van der Waals surface area contributed by atoms with Crippen molar-refractivity contribution in [1.82, 2.24) is 14.9 Å². The van der Waals surface area contributed by atoms with Crippen LogP contribution in [0, 0.1) is 11.8 Å². The first kappa shape index (κ1) is 19.0. The highest BCUT2D eigenvalue weighted by molar-refractivity contribution is 6.10. The SMILES string of the molecule is COc1cc2c(cc1OCCCN(C)C)[nH]c1ccnc(C#CC(C)O)c12. The van der Waals surface area contributed by atoms with Gasteiger partial charge >= 0.3 is 0 Å². The average molecular weight is 367 g/mol. The summed E-state index contributed by atoms with van der Waals surface area (Å²) in [6.07, 6.45) is 1.94. The molecule has 2 N–H and O–H groups in total. The normalized spacial score (nSPS) is 12.2. The van der Waals surface area contributed by atoms with E-state index in [0.717, 1.165) is 34.8 Å². The van der Waals surface area contributed by atoms with E-state index in [4.69, 9.17) is 9.47 Å². The molecule has 142 valence electrons. The lowest BCUT2D eigenvalue weighted by Crippen LogP contribution is -2.15. The van der Waals surface area contributed by atoms with Crippen LogP contribution in [0.5, 0.6) is 11.5 Å². The van der Waals surface area contributed by atoms with Crippen molar-refractivity contribution in [2.45, 2.75) is 19.4 Å².